The minimum Gasteiger partial charge on any atom is -0.244 e. The molecule has 15 heavy (non-hydrogen) atoms. The first-order chi connectivity index (χ1) is 7.20. The summed E-state index contributed by atoms with van der Waals surface area (Å²) in [5, 5.41) is 0.775. The molecule has 1 nitrogen and oxygen atoms in total. The van der Waals surface area contributed by atoms with Crippen molar-refractivity contribution in [3.8, 4) is 10.6 Å². The molecule has 0 fully saturated rings. The lowest BCUT2D eigenvalue weighted by atomic mass is 10.2. The van der Waals surface area contributed by atoms with E-state index in [1.165, 1.54) is 23.5 Å². The average Bonchev–Trinajstić information content (AvgIpc) is 2.70. The molecule has 0 aliphatic carbocycles. The summed E-state index contributed by atoms with van der Waals surface area (Å²) in [5.41, 5.74) is 0.761. The van der Waals surface area contributed by atoms with Crippen LogP contribution >= 0.6 is 38.9 Å². The van der Waals surface area contributed by atoms with Gasteiger partial charge in [-0.25, -0.2) is 9.37 Å². The Labute approximate surface area is 104 Å². The van der Waals surface area contributed by atoms with Crippen molar-refractivity contribution < 1.29 is 4.39 Å². The lowest BCUT2D eigenvalue weighted by molar-refractivity contribution is 0.628. The van der Waals surface area contributed by atoms with Crippen LogP contribution in [0, 0.1) is 5.82 Å². The summed E-state index contributed by atoms with van der Waals surface area (Å²) in [6, 6.07) is 4.54. The molecule has 0 unspecified atom stereocenters. The molecule has 0 radical (unpaired) electrons. The van der Waals surface area contributed by atoms with Crippen molar-refractivity contribution >= 4 is 38.9 Å². The molecule has 1 aromatic carbocycles. The van der Waals surface area contributed by atoms with Gasteiger partial charge in [0.25, 0.3) is 0 Å². The lowest BCUT2D eigenvalue weighted by Crippen LogP contribution is -1.80. The Bertz CT molecular complexity index is 486. The highest BCUT2D eigenvalue weighted by atomic mass is 79.9. The largest absolute Gasteiger partial charge is 0.244 e. The quantitative estimate of drug-likeness (QED) is 0.747. The zero-order valence-electron chi connectivity index (χ0n) is 7.51. The second-order valence-corrected chi connectivity index (χ2v) is 5.13. The molecule has 0 bridgehead atoms. The molecule has 0 spiro atoms. The molecule has 0 N–H and O–H groups in total. The van der Waals surface area contributed by atoms with Gasteiger partial charge in [0.1, 0.15) is 10.8 Å². The molecule has 1 aromatic heterocycles. The first-order valence-electron chi connectivity index (χ1n) is 4.17. The summed E-state index contributed by atoms with van der Waals surface area (Å²) >= 11 is 10.5. The maximum atomic E-state index is 13.1. The number of rotatable bonds is 2. The van der Waals surface area contributed by atoms with E-state index in [9.17, 15) is 4.39 Å². The van der Waals surface area contributed by atoms with Crippen molar-refractivity contribution in [2.24, 2.45) is 0 Å². The Morgan fingerprint density at radius 2 is 2.27 bits per heavy atom. The van der Waals surface area contributed by atoms with Crippen LogP contribution < -0.4 is 0 Å². The molecule has 2 rings (SSSR count). The third-order valence-electron chi connectivity index (χ3n) is 1.84. The van der Waals surface area contributed by atoms with E-state index in [2.05, 4.69) is 20.9 Å². The first-order valence-corrected chi connectivity index (χ1v) is 6.31. The minimum absolute atomic E-state index is 0.268. The van der Waals surface area contributed by atoms with Crippen molar-refractivity contribution in [3.63, 3.8) is 0 Å². The standard InChI is InChI=1S/C10H6BrClFNS/c11-9-2-1-6(13)3-8(9)10-14-5-7(4-12)15-10/h1-3,5H,4H2. The second-order valence-electron chi connectivity index (χ2n) is 2.89. The monoisotopic (exact) mass is 305 g/mol. The van der Waals surface area contributed by atoms with Crippen LogP contribution in [-0.4, -0.2) is 4.98 Å². The summed E-state index contributed by atoms with van der Waals surface area (Å²) in [4.78, 5) is 5.17. The van der Waals surface area contributed by atoms with Crippen molar-refractivity contribution in [1.29, 1.82) is 0 Å². The Morgan fingerprint density at radius 3 is 2.93 bits per heavy atom. The number of benzene rings is 1. The van der Waals surface area contributed by atoms with E-state index in [1.54, 1.807) is 12.3 Å². The smallest absolute Gasteiger partial charge is 0.124 e. The van der Waals surface area contributed by atoms with Gasteiger partial charge in [0.15, 0.2) is 0 Å². The van der Waals surface area contributed by atoms with Gasteiger partial charge in [-0.1, -0.05) is 15.9 Å². The zero-order chi connectivity index (χ0) is 10.8. The Kier molecular flexibility index (Phi) is 3.38. The highest BCUT2D eigenvalue weighted by Crippen LogP contribution is 2.32. The molecular weight excluding hydrogens is 301 g/mol. The summed E-state index contributed by atoms with van der Waals surface area (Å²) in [6.45, 7) is 0. The van der Waals surface area contributed by atoms with Crippen LogP contribution in [0.15, 0.2) is 28.9 Å². The van der Waals surface area contributed by atoms with Gasteiger partial charge in [-0.2, -0.15) is 0 Å². The molecule has 2 aromatic rings. The van der Waals surface area contributed by atoms with E-state index in [0.717, 1.165) is 19.9 Å². The normalized spacial score (nSPS) is 10.6. The molecule has 78 valence electrons. The molecular formula is C10H6BrClFNS. The molecule has 0 atom stereocenters. The van der Waals surface area contributed by atoms with E-state index in [1.807, 2.05) is 0 Å². The van der Waals surface area contributed by atoms with Gasteiger partial charge in [-0.05, 0) is 18.2 Å². The highest BCUT2D eigenvalue weighted by molar-refractivity contribution is 9.10. The van der Waals surface area contributed by atoms with Crippen molar-refractivity contribution in [2.45, 2.75) is 5.88 Å². The number of thiazole rings is 1. The zero-order valence-corrected chi connectivity index (χ0v) is 10.7. The van der Waals surface area contributed by atoms with Crippen LogP contribution in [0.3, 0.4) is 0 Å². The van der Waals surface area contributed by atoms with Crippen LogP contribution in [0.5, 0.6) is 0 Å². The van der Waals surface area contributed by atoms with Gasteiger partial charge in [0.2, 0.25) is 0 Å². The third-order valence-corrected chi connectivity index (χ3v) is 4.01. The van der Waals surface area contributed by atoms with Gasteiger partial charge < -0.3 is 0 Å². The molecule has 0 aliphatic heterocycles. The molecule has 0 saturated heterocycles. The summed E-state index contributed by atoms with van der Waals surface area (Å²) < 4.78 is 13.9. The molecule has 0 amide bonds. The minimum atomic E-state index is -0.268. The maximum absolute atomic E-state index is 13.1. The van der Waals surface area contributed by atoms with E-state index in [0.29, 0.717) is 5.88 Å². The van der Waals surface area contributed by atoms with Crippen molar-refractivity contribution in [1.82, 2.24) is 4.98 Å². The fourth-order valence-electron chi connectivity index (χ4n) is 1.16. The Hall–Kier alpha value is -0.450. The number of hydrogen-bond acceptors (Lipinski definition) is 2. The van der Waals surface area contributed by atoms with E-state index in [-0.39, 0.29) is 5.82 Å². The van der Waals surface area contributed by atoms with E-state index >= 15 is 0 Å². The second kappa shape index (κ2) is 4.60. The number of nitrogens with zero attached hydrogens (tertiary/aromatic N) is 1. The van der Waals surface area contributed by atoms with Gasteiger partial charge >= 0.3 is 0 Å². The third kappa shape index (κ3) is 2.38. The van der Waals surface area contributed by atoms with E-state index in [4.69, 9.17) is 11.6 Å². The molecule has 5 heteroatoms. The fourth-order valence-corrected chi connectivity index (χ4v) is 2.75. The van der Waals surface area contributed by atoms with Crippen molar-refractivity contribution in [2.75, 3.05) is 0 Å². The van der Waals surface area contributed by atoms with Gasteiger partial charge in [0, 0.05) is 21.1 Å². The van der Waals surface area contributed by atoms with E-state index < -0.39 is 0 Å². The van der Waals surface area contributed by atoms with Gasteiger partial charge in [0.05, 0.1) is 5.88 Å². The predicted molar refractivity (Wildman–Crippen MR) is 64.8 cm³/mol. The van der Waals surface area contributed by atoms with Crippen molar-refractivity contribution in [3.05, 3.63) is 39.6 Å². The van der Waals surface area contributed by atoms with Gasteiger partial charge in [-0.15, -0.1) is 22.9 Å². The molecule has 0 aliphatic rings. The number of alkyl halides is 1. The van der Waals surface area contributed by atoms with Gasteiger partial charge in [-0.3, -0.25) is 0 Å². The lowest BCUT2D eigenvalue weighted by Gasteiger charge is -1.99. The highest BCUT2D eigenvalue weighted by Gasteiger charge is 2.08. The SMILES string of the molecule is Fc1ccc(Br)c(-c2ncc(CCl)s2)c1. The number of aromatic nitrogens is 1. The van der Waals surface area contributed by atoms with Crippen LogP contribution in [0.25, 0.3) is 10.6 Å². The maximum Gasteiger partial charge on any atom is 0.124 e. The molecule has 0 saturated carbocycles. The average molecular weight is 307 g/mol. The first kappa shape index (κ1) is 11.0. The Morgan fingerprint density at radius 1 is 1.47 bits per heavy atom. The topological polar surface area (TPSA) is 12.9 Å². The summed E-state index contributed by atoms with van der Waals surface area (Å²) in [6.07, 6.45) is 1.71. The van der Waals surface area contributed by atoms with Crippen LogP contribution in [0.2, 0.25) is 0 Å². The van der Waals surface area contributed by atoms with Crippen LogP contribution in [0.4, 0.5) is 4.39 Å². The predicted octanol–water partition coefficient (Wildman–Crippen LogP) is 4.45. The van der Waals surface area contributed by atoms with Crippen LogP contribution in [0.1, 0.15) is 4.88 Å². The Balaban J connectivity index is 2.48. The summed E-state index contributed by atoms with van der Waals surface area (Å²) in [5.74, 6) is 0.167. The fraction of sp³-hybridized carbons (Fsp3) is 0.100. The summed E-state index contributed by atoms with van der Waals surface area (Å²) in [7, 11) is 0. The molecule has 1 heterocycles. The number of halogens is 3. The number of hydrogen-bond donors (Lipinski definition) is 0. The van der Waals surface area contributed by atoms with Crippen LogP contribution in [-0.2, 0) is 5.88 Å².